The average molecular weight is 284 g/mol. The van der Waals surface area contributed by atoms with Crippen LogP contribution in [0.15, 0.2) is 54.7 Å². The van der Waals surface area contributed by atoms with E-state index in [1.807, 2.05) is 30.3 Å². The molecule has 0 spiro atoms. The second kappa shape index (κ2) is 5.31. The Morgan fingerprint density at radius 2 is 1.95 bits per heavy atom. The summed E-state index contributed by atoms with van der Waals surface area (Å²) < 4.78 is 5.71. The van der Waals surface area contributed by atoms with Gasteiger partial charge in [-0.25, -0.2) is 0 Å². The fraction of sp³-hybridized carbons (Fsp3) is 0. The quantitative estimate of drug-likeness (QED) is 0.665. The molecule has 3 aromatic rings. The number of aldehydes is 1. The first kappa shape index (κ1) is 12.6. The molecule has 0 aliphatic heterocycles. The van der Waals surface area contributed by atoms with E-state index in [9.17, 15) is 4.79 Å². The molecule has 98 valence electrons. The molecule has 0 radical (unpaired) electrons. The van der Waals surface area contributed by atoms with Gasteiger partial charge in [-0.05, 0) is 24.3 Å². The first-order chi connectivity index (χ1) is 9.78. The third-order valence-corrected chi connectivity index (χ3v) is 3.25. The molecule has 3 nitrogen and oxygen atoms in total. The molecule has 0 saturated heterocycles. The summed E-state index contributed by atoms with van der Waals surface area (Å²) in [4.78, 5) is 15.4. The van der Waals surface area contributed by atoms with E-state index in [4.69, 9.17) is 16.3 Å². The van der Waals surface area contributed by atoms with Crippen LogP contribution >= 0.6 is 11.6 Å². The summed E-state index contributed by atoms with van der Waals surface area (Å²) in [6, 6.07) is 14.7. The Morgan fingerprint density at radius 3 is 2.80 bits per heavy atom. The molecule has 2 aromatic carbocycles. The monoisotopic (exact) mass is 283 g/mol. The van der Waals surface area contributed by atoms with Crippen LogP contribution in [0.2, 0.25) is 5.02 Å². The predicted molar refractivity (Wildman–Crippen MR) is 78.7 cm³/mol. The van der Waals surface area contributed by atoms with E-state index >= 15 is 0 Å². The molecule has 0 aliphatic rings. The van der Waals surface area contributed by atoms with Gasteiger partial charge in [0.1, 0.15) is 11.5 Å². The van der Waals surface area contributed by atoms with Crippen molar-refractivity contribution in [1.82, 2.24) is 4.98 Å². The van der Waals surface area contributed by atoms with Crippen LogP contribution in [0.1, 0.15) is 10.4 Å². The molecule has 4 heteroatoms. The molecule has 1 heterocycles. The highest BCUT2D eigenvalue weighted by Crippen LogP contribution is 2.29. The molecule has 0 atom stereocenters. The van der Waals surface area contributed by atoms with Gasteiger partial charge in [-0.15, -0.1) is 0 Å². The Labute approximate surface area is 120 Å². The largest absolute Gasteiger partial charge is 0.455 e. The minimum Gasteiger partial charge on any atom is -0.455 e. The zero-order valence-electron chi connectivity index (χ0n) is 10.4. The van der Waals surface area contributed by atoms with E-state index in [2.05, 4.69) is 4.98 Å². The second-order valence-electron chi connectivity index (χ2n) is 4.24. The van der Waals surface area contributed by atoms with Crippen LogP contribution < -0.4 is 4.74 Å². The van der Waals surface area contributed by atoms with Crippen molar-refractivity contribution in [2.75, 3.05) is 0 Å². The van der Waals surface area contributed by atoms with Gasteiger partial charge < -0.3 is 4.74 Å². The summed E-state index contributed by atoms with van der Waals surface area (Å²) in [5.41, 5.74) is 1.23. The van der Waals surface area contributed by atoms with Crippen LogP contribution in [-0.2, 0) is 0 Å². The summed E-state index contributed by atoms with van der Waals surface area (Å²) in [5, 5.41) is 1.34. The Balaban J connectivity index is 2.01. The van der Waals surface area contributed by atoms with Gasteiger partial charge in [0.05, 0.1) is 22.3 Å². The van der Waals surface area contributed by atoms with Crippen LogP contribution in [-0.4, -0.2) is 11.3 Å². The van der Waals surface area contributed by atoms with Crippen molar-refractivity contribution in [1.29, 1.82) is 0 Å². The molecule has 0 amide bonds. The fourth-order valence-corrected chi connectivity index (χ4v) is 2.16. The highest BCUT2D eigenvalue weighted by atomic mass is 35.5. The number of benzene rings is 2. The van der Waals surface area contributed by atoms with Crippen LogP contribution in [0.4, 0.5) is 0 Å². The van der Waals surface area contributed by atoms with Crippen molar-refractivity contribution in [3.63, 3.8) is 0 Å². The number of halogens is 1. The molecule has 0 N–H and O–H groups in total. The summed E-state index contributed by atoms with van der Waals surface area (Å²) in [5.74, 6) is 0.985. The lowest BCUT2D eigenvalue weighted by Crippen LogP contribution is -1.92. The fourth-order valence-electron chi connectivity index (χ4n) is 1.95. The lowest BCUT2D eigenvalue weighted by Gasteiger charge is -2.09. The number of ether oxygens (including phenoxy) is 1. The number of pyridine rings is 1. The third-order valence-electron chi connectivity index (χ3n) is 2.92. The zero-order chi connectivity index (χ0) is 13.9. The highest BCUT2D eigenvalue weighted by Gasteiger charge is 2.08. The number of carbonyl (C=O) groups excluding carboxylic acids is 1. The number of aromatic nitrogens is 1. The maximum absolute atomic E-state index is 11.1. The summed E-state index contributed by atoms with van der Waals surface area (Å²) in [6.07, 6.45) is 2.31. The molecular formula is C16H10ClNO2. The van der Waals surface area contributed by atoms with Gasteiger partial charge in [0, 0.05) is 5.39 Å². The smallest absolute Gasteiger partial charge is 0.155 e. The standard InChI is InChI=1S/C16H10ClNO2/c17-14-5-3-7-16(13(14)10-19)20-12-8-11-4-1-2-6-15(11)18-9-12/h1-10H. The van der Waals surface area contributed by atoms with Crippen LogP contribution in [0.5, 0.6) is 11.5 Å². The van der Waals surface area contributed by atoms with Crippen molar-refractivity contribution < 1.29 is 9.53 Å². The maximum Gasteiger partial charge on any atom is 0.155 e. The van der Waals surface area contributed by atoms with Gasteiger partial charge in [0.25, 0.3) is 0 Å². The van der Waals surface area contributed by atoms with Gasteiger partial charge in [-0.3, -0.25) is 9.78 Å². The lowest BCUT2D eigenvalue weighted by molar-refractivity contribution is 0.112. The number of carbonyl (C=O) groups is 1. The maximum atomic E-state index is 11.1. The zero-order valence-corrected chi connectivity index (χ0v) is 11.2. The van der Waals surface area contributed by atoms with E-state index in [1.165, 1.54) is 0 Å². The number of fused-ring (bicyclic) bond motifs is 1. The van der Waals surface area contributed by atoms with Crippen molar-refractivity contribution >= 4 is 28.8 Å². The molecule has 3 rings (SSSR count). The molecule has 0 aliphatic carbocycles. The topological polar surface area (TPSA) is 39.2 Å². The Kier molecular flexibility index (Phi) is 3.35. The Hall–Kier alpha value is -2.39. The van der Waals surface area contributed by atoms with Gasteiger partial charge >= 0.3 is 0 Å². The third kappa shape index (κ3) is 2.36. The van der Waals surface area contributed by atoms with E-state index in [0.29, 0.717) is 28.4 Å². The number of hydrogen-bond acceptors (Lipinski definition) is 3. The molecule has 0 saturated carbocycles. The summed E-state index contributed by atoms with van der Waals surface area (Å²) >= 11 is 5.96. The van der Waals surface area contributed by atoms with Gasteiger partial charge in [-0.1, -0.05) is 35.9 Å². The van der Waals surface area contributed by atoms with Crippen molar-refractivity contribution in [3.05, 3.63) is 65.3 Å². The van der Waals surface area contributed by atoms with Gasteiger partial charge in [-0.2, -0.15) is 0 Å². The van der Waals surface area contributed by atoms with Crippen molar-refractivity contribution in [2.45, 2.75) is 0 Å². The number of nitrogens with zero attached hydrogens (tertiary/aromatic N) is 1. The summed E-state index contributed by atoms with van der Waals surface area (Å²) in [6.45, 7) is 0. The lowest BCUT2D eigenvalue weighted by atomic mass is 10.2. The van der Waals surface area contributed by atoms with Gasteiger partial charge in [0.15, 0.2) is 6.29 Å². The SMILES string of the molecule is O=Cc1c(Cl)cccc1Oc1cnc2ccccc2c1. The predicted octanol–water partition coefficient (Wildman–Crippen LogP) is 4.49. The van der Waals surface area contributed by atoms with Crippen LogP contribution in [0.3, 0.4) is 0 Å². The molecular weight excluding hydrogens is 274 g/mol. The number of hydrogen-bond donors (Lipinski definition) is 0. The Morgan fingerprint density at radius 1 is 1.10 bits per heavy atom. The minimum atomic E-state index is 0.335. The van der Waals surface area contributed by atoms with Gasteiger partial charge in [0.2, 0.25) is 0 Å². The van der Waals surface area contributed by atoms with E-state index in [-0.39, 0.29) is 0 Å². The molecule has 20 heavy (non-hydrogen) atoms. The first-order valence-corrected chi connectivity index (χ1v) is 6.42. The van der Waals surface area contributed by atoms with Crippen LogP contribution in [0, 0.1) is 0 Å². The number of para-hydroxylation sites is 1. The van der Waals surface area contributed by atoms with Crippen molar-refractivity contribution in [3.8, 4) is 11.5 Å². The van der Waals surface area contributed by atoms with E-state index in [1.54, 1.807) is 24.4 Å². The molecule has 0 fully saturated rings. The van der Waals surface area contributed by atoms with Crippen molar-refractivity contribution in [2.24, 2.45) is 0 Å². The molecule has 1 aromatic heterocycles. The highest BCUT2D eigenvalue weighted by molar-refractivity contribution is 6.33. The Bertz CT molecular complexity index is 786. The second-order valence-corrected chi connectivity index (χ2v) is 4.64. The normalized spacial score (nSPS) is 10.4. The number of rotatable bonds is 3. The van der Waals surface area contributed by atoms with E-state index in [0.717, 1.165) is 10.9 Å². The minimum absolute atomic E-state index is 0.335. The first-order valence-electron chi connectivity index (χ1n) is 6.04. The molecule has 0 unspecified atom stereocenters. The average Bonchev–Trinajstić information content (AvgIpc) is 2.47. The van der Waals surface area contributed by atoms with Crippen LogP contribution in [0.25, 0.3) is 10.9 Å². The van der Waals surface area contributed by atoms with E-state index < -0.39 is 0 Å². The molecule has 0 bridgehead atoms. The summed E-state index contributed by atoms with van der Waals surface area (Å²) in [7, 11) is 0.